The van der Waals surface area contributed by atoms with Gasteiger partial charge in [-0.25, -0.2) is 0 Å². The fourth-order valence-electron chi connectivity index (χ4n) is 1.19. The Bertz CT molecular complexity index is 518. The van der Waals surface area contributed by atoms with Gasteiger partial charge in [0.15, 0.2) is 5.01 Å². The van der Waals surface area contributed by atoms with Gasteiger partial charge in [0.2, 0.25) is 5.13 Å². The topological polar surface area (TPSA) is 70.3 Å². The van der Waals surface area contributed by atoms with Crippen molar-refractivity contribution in [3.05, 3.63) is 27.7 Å². The first-order valence-electron chi connectivity index (χ1n) is 4.73. The molecule has 0 aliphatic rings. The molecule has 0 aliphatic carbocycles. The molecule has 1 aromatic heterocycles. The zero-order chi connectivity index (χ0) is 12.3. The van der Waals surface area contributed by atoms with Crippen molar-refractivity contribution in [1.29, 1.82) is 0 Å². The van der Waals surface area contributed by atoms with E-state index in [1.54, 1.807) is 7.11 Å². The van der Waals surface area contributed by atoms with Crippen molar-refractivity contribution in [2.24, 2.45) is 0 Å². The number of rotatable bonds is 4. The highest BCUT2D eigenvalue weighted by Crippen LogP contribution is 2.29. The first-order chi connectivity index (χ1) is 8.19. The lowest BCUT2D eigenvalue weighted by Gasteiger charge is -2.07. The van der Waals surface area contributed by atoms with Crippen LogP contribution in [0, 0.1) is 0 Å². The van der Waals surface area contributed by atoms with E-state index >= 15 is 0 Å². The average molecular weight is 316 g/mol. The Morgan fingerprint density at radius 1 is 1.41 bits per heavy atom. The minimum absolute atomic E-state index is 0.347. The predicted molar refractivity (Wildman–Crippen MR) is 69.3 cm³/mol. The molecule has 0 unspecified atom stereocenters. The molecule has 0 saturated heterocycles. The molecule has 2 N–H and O–H groups in total. The highest BCUT2D eigenvalue weighted by molar-refractivity contribution is 9.10. The maximum atomic E-state index is 5.59. The third kappa shape index (κ3) is 3.07. The van der Waals surface area contributed by atoms with Gasteiger partial charge in [0.25, 0.3) is 0 Å². The number of hydrogen-bond acceptors (Lipinski definition) is 6. The average Bonchev–Trinajstić information content (AvgIpc) is 2.73. The van der Waals surface area contributed by atoms with E-state index in [9.17, 15) is 0 Å². The summed E-state index contributed by atoms with van der Waals surface area (Å²) in [6, 6.07) is 5.49. The second kappa shape index (κ2) is 5.33. The van der Waals surface area contributed by atoms with Crippen molar-refractivity contribution in [1.82, 2.24) is 10.2 Å². The lowest BCUT2D eigenvalue weighted by atomic mass is 10.3. The summed E-state index contributed by atoms with van der Waals surface area (Å²) in [7, 11) is 1.62. The second-order valence-corrected chi connectivity index (χ2v) is 5.07. The number of nitrogen functional groups attached to an aromatic ring is 1. The van der Waals surface area contributed by atoms with Crippen LogP contribution in [0.25, 0.3) is 0 Å². The Morgan fingerprint density at radius 3 is 2.82 bits per heavy atom. The van der Waals surface area contributed by atoms with Crippen LogP contribution >= 0.6 is 27.3 Å². The maximum absolute atomic E-state index is 5.59. The first-order valence-corrected chi connectivity index (χ1v) is 6.34. The zero-order valence-electron chi connectivity index (χ0n) is 9.01. The number of anilines is 1. The molecule has 1 heterocycles. The molecule has 0 aliphatic heterocycles. The molecular formula is C10H10BrN3O2S. The fourth-order valence-corrected chi connectivity index (χ4v) is 2.18. The van der Waals surface area contributed by atoms with Crippen LogP contribution in [0.15, 0.2) is 22.7 Å². The van der Waals surface area contributed by atoms with Crippen LogP contribution in [0.2, 0.25) is 0 Å². The number of aromatic nitrogens is 2. The van der Waals surface area contributed by atoms with E-state index in [1.165, 1.54) is 11.3 Å². The number of methoxy groups -OCH3 is 1. The van der Waals surface area contributed by atoms with E-state index in [4.69, 9.17) is 15.2 Å². The third-order valence-electron chi connectivity index (χ3n) is 1.97. The van der Waals surface area contributed by atoms with Gasteiger partial charge in [0.1, 0.15) is 18.1 Å². The second-order valence-electron chi connectivity index (χ2n) is 3.12. The predicted octanol–water partition coefficient (Wildman–Crippen LogP) is 2.47. The van der Waals surface area contributed by atoms with Crippen LogP contribution in [0.5, 0.6) is 11.5 Å². The van der Waals surface area contributed by atoms with Crippen molar-refractivity contribution in [3.63, 3.8) is 0 Å². The molecule has 0 radical (unpaired) electrons. The summed E-state index contributed by atoms with van der Waals surface area (Å²) in [6.07, 6.45) is 0. The molecule has 5 nitrogen and oxygen atoms in total. The highest BCUT2D eigenvalue weighted by Gasteiger charge is 2.06. The molecule has 0 fully saturated rings. The molecule has 0 spiro atoms. The van der Waals surface area contributed by atoms with Gasteiger partial charge in [-0.1, -0.05) is 11.3 Å². The first kappa shape index (κ1) is 12.1. The maximum Gasteiger partial charge on any atom is 0.203 e. The Hall–Kier alpha value is -1.34. The standard InChI is InChI=1S/C10H10BrN3O2S/c1-15-6-2-3-8(7(11)4-6)16-5-9-13-14-10(12)17-9/h2-4H,5H2,1H3,(H2,12,14). The molecule has 90 valence electrons. The van der Waals surface area contributed by atoms with Crippen LogP contribution in [0.1, 0.15) is 5.01 Å². The van der Waals surface area contributed by atoms with Crippen LogP contribution in [-0.2, 0) is 6.61 Å². The summed E-state index contributed by atoms with van der Waals surface area (Å²) in [6.45, 7) is 0.347. The SMILES string of the molecule is COc1ccc(OCc2nnc(N)s2)c(Br)c1. The Labute approximate surface area is 111 Å². The van der Waals surface area contributed by atoms with Gasteiger partial charge in [-0.2, -0.15) is 0 Å². The molecule has 7 heteroatoms. The normalized spacial score (nSPS) is 10.2. The minimum atomic E-state index is 0.347. The number of ether oxygens (including phenoxy) is 2. The Morgan fingerprint density at radius 2 is 2.24 bits per heavy atom. The van der Waals surface area contributed by atoms with E-state index in [0.29, 0.717) is 11.7 Å². The van der Waals surface area contributed by atoms with Crippen LogP contribution in [0.4, 0.5) is 5.13 Å². The van der Waals surface area contributed by atoms with Gasteiger partial charge >= 0.3 is 0 Å². The summed E-state index contributed by atoms with van der Waals surface area (Å²) in [5, 5.41) is 8.77. The number of hydrogen-bond donors (Lipinski definition) is 1. The number of nitrogens with zero attached hydrogens (tertiary/aromatic N) is 2. The van der Waals surface area contributed by atoms with E-state index in [-0.39, 0.29) is 0 Å². The monoisotopic (exact) mass is 315 g/mol. The summed E-state index contributed by atoms with van der Waals surface area (Å²) in [4.78, 5) is 0. The van der Waals surface area contributed by atoms with Gasteiger partial charge in [-0.05, 0) is 34.1 Å². The van der Waals surface area contributed by atoms with E-state index < -0.39 is 0 Å². The van der Waals surface area contributed by atoms with E-state index in [0.717, 1.165) is 21.0 Å². The van der Waals surface area contributed by atoms with Crippen molar-refractivity contribution in [3.8, 4) is 11.5 Å². The summed E-state index contributed by atoms with van der Waals surface area (Å²) in [5.41, 5.74) is 5.48. The summed E-state index contributed by atoms with van der Waals surface area (Å²) in [5.74, 6) is 1.49. The third-order valence-corrected chi connectivity index (χ3v) is 3.32. The highest BCUT2D eigenvalue weighted by atomic mass is 79.9. The fraction of sp³-hybridized carbons (Fsp3) is 0.200. The largest absolute Gasteiger partial charge is 0.497 e. The lowest BCUT2D eigenvalue weighted by molar-refractivity contribution is 0.302. The number of benzene rings is 1. The van der Waals surface area contributed by atoms with E-state index in [1.807, 2.05) is 18.2 Å². The number of nitrogens with two attached hydrogens (primary N) is 1. The van der Waals surface area contributed by atoms with E-state index in [2.05, 4.69) is 26.1 Å². The zero-order valence-corrected chi connectivity index (χ0v) is 11.4. The molecule has 0 bridgehead atoms. The van der Waals surface area contributed by atoms with Crippen molar-refractivity contribution in [2.45, 2.75) is 6.61 Å². The van der Waals surface area contributed by atoms with Crippen molar-refractivity contribution in [2.75, 3.05) is 12.8 Å². The molecule has 2 rings (SSSR count). The molecule has 2 aromatic rings. The number of halogens is 1. The van der Waals surface area contributed by atoms with Gasteiger partial charge in [-0.15, -0.1) is 10.2 Å². The molecule has 0 saturated carbocycles. The Kier molecular flexibility index (Phi) is 3.80. The minimum Gasteiger partial charge on any atom is -0.497 e. The van der Waals surface area contributed by atoms with Crippen LogP contribution in [0.3, 0.4) is 0 Å². The quantitative estimate of drug-likeness (QED) is 0.938. The Balaban J connectivity index is 2.04. The van der Waals surface area contributed by atoms with Crippen LogP contribution < -0.4 is 15.2 Å². The molecular weight excluding hydrogens is 306 g/mol. The molecule has 0 amide bonds. The molecule has 17 heavy (non-hydrogen) atoms. The summed E-state index contributed by atoms with van der Waals surface area (Å²) < 4.78 is 11.5. The van der Waals surface area contributed by atoms with Crippen molar-refractivity contribution >= 4 is 32.4 Å². The molecule has 0 atom stereocenters. The van der Waals surface area contributed by atoms with Crippen LogP contribution in [-0.4, -0.2) is 17.3 Å². The van der Waals surface area contributed by atoms with Gasteiger partial charge in [0.05, 0.1) is 11.6 Å². The lowest BCUT2D eigenvalue weighted by Crippen LogP contribution is -1.95. The smallest absolute Gasteiger partial charge is 0.203 e. The van der Waals surface area contributed by atoms with Gasteiger partial charge < -0.3 is 15.2 Å². The molecule has 1 aromatic carbocycles. The van der Waals surface area contributed by atoms with Gasteiger partial charge in [0, 0.05) is 0 Å². The van der Waals surface area contributed by atoms with Crippen molar-refractivity contribution < 1.29 is 9.47 Å². The summed E-state index contributed by atoms with van der Waals surface area (Å²) >= 11 is 4.72. The van der Waals surface area contributed by atoms with Gasteiger partial charge in [-0.3, -0.25) is 0 Å².